The van der Waals surface area contributed by atoms with Crippen LogP contribution in [0.3, 0.4) is 0 Å². The molecule has 1 unspecified atom stereocenters. The number of hydrogen-bond donors (Lipinski definition) is 1. The third-order valence-electron chi connectivity index (χ3n) is 3.47. The Morgan fingerprint density at radius 1 is 1.54 bits per heavy atom. The summed E-state index contributed by atoms with van der Waals surface area (Å²) in [5, 5.41) is 22.1. The fourth-order valence-electron chi connectivity index (χ4n) is 2.32. The van der Waals surface area contributed by atoms with Crippen LogP contribution >= 0.6 is 0 Å². The molecular formula is C14H18N6O4. The third-order valence-corrected chi connectivity index (χ3v) is 3.47. The van der Waals surface area contributed by atoms with Gasteiger partial charge >= 0.3 is 11.7 Å². The van der Waals surface area contributed by atoms with Gasteiger partial charge < -0.3 is 14.6 Å². The Hall–Kier alpha value is -3.04. The molecule has 0 fully saturated rings. The van der Waals surface area contributed by atoms with Crippen molar-refractivity contribution in [1.82, 2.24) is 19.7 Å². The Morgan fingerprint density at radius 2 is 2.25 bits per heavy atom. The maximum Gasteiger partial charge on any atom is 0.345 e. The number of pyridine rings is 1. The lowest BCUT2D eigenvalue weighted by molar-refractivity contribution is -0.384. The Labute approximate surface area is 138 Å². The van der Waals surface area contributed by atoms with Gasteiger partial charge in [-0.15, -0.1) is 10.2 Å². The van der Waals surface area contributed by atoms with E-state index >= 15 is 0 Å². The summed E-state index contributed by atoms with van der Waals surface area (Å²) >= 11 is 0. The van der Waals surface area contributed by atoms with Gasteiger partial charge in [0.2, 0.25) is 5.82 Å². The zero-order valence-corrected chi connectivity index (χ0v) is 13.8. The quantitative estimate of drug-likeness (QED) is 0.478. The number of rotatable bonds is 6. The molecule has 2 heterocycles. The van der Waals surface area contributed by atoms with Crippen LogP contribution in [0.1, 0.15) is 34.7 Å². The third kappa shape index (κ3) is 3.47. The number of anilines is 1. The number of nitrogens with zero attached hydrogens (tertiary/aromatic N) is 5. The van der Waals surface area contributed by atoms with E-state index in [9.17, 15) is 14.9 Å². The molecular weight excluding hydrogens is 316 g/mol. The molecule has 0 aromatic carbocycles. The van der Waals surface area contributed by atoms with Crippen molar-refractivity contribution in [2.24, 2.45) is 7.05 Å². The van der Waals surface area contributed by atoms with Gasteiger partial charge in [0.1, 0.15) is 17.7 Å². The molecule has 0 bridgehead atoms. The monoisotopic (exact) mass is 334 g/mol. The smallest absolute Gasteiger partial charge is 0.345 e. The highest BCUT2D eigenvalue weighted by molar-refractivity contribution is 5.96. The predicted molar refractivity (Wildman–Crippen MR) is 84.9 cm³/mol. The van der Waals surface area contributed by atoms with Crippen molar-refractivity contribution >= 4 is 17.5 Å². The van der Waals surface area contributed by atoms with Gasteiger partial charge in [0.15, 0.2) is 0 Å². The van der Waals surface area contributed by atoms with E-state index in [1.54, 1.807) is 17.8 Å². The summed E-state index contributed by atoms with van der Waals surface area (Å²) in [7, 11) is 2.99. The summed E-state index contributed by atoms with van der Waals surface area (Å²) in [5.74, 6) is -0.0991. The minimum Gasteiger partial charge on any atom is -0.465 e. The van der Waals surface area contributed by atoms with Crippen LogP contribution in [-0.2, 0) is 11.8 Å². The fourth-order valence-corrected chi connectivity index (χ4v) is 2.32. The van der Waals surface area contributed by atoms with E-state index in [4.69, 9.17) is 0 Å². The van der Waals surface area contributed by atoms with Crippen molar-refractivity contribution in [3.63, 3.8) is 0 Å². The zero-order chi connectivity index (χ0) is 17.9. The van der Waals surface area contributed by atoms with Gasteiger partial charge in [-0.05, 0) is 13.0 Å². The highest BCUT2D eigenvalue weighted by atomic mass is 16.6. The van der Waals surface area contributed by atoms with E-state index in [1.807, 2.05) is 14.0 Å². The standard InChI is InChI=1S/C14H18N6O4/c1-8(13-18-16-7-19(13)3)6-15-12-11(20(22)23)10(14(21)24-4)5-9(2)17-12/h5,7-8H,6H2,1-4H3,(H,15,17). The van der Waals surface area contributed by atoms with Gasteiger partial charge in [0.25, 0.3) is 0 Å². The van der Waals surface area contributed by atoms with Crippen molar-refractivity contribution in [3.05, 3.63) is 39.6 Å². The highest BCUT2D eigenvalue weighted by Gasteiger charge is 2.28. The normalized spacial score (nSPS) is 11.8. The van der Waals surface area contributed by atoms with Crippen LogP contribution in [-0.4, -0.2) is 44.3 Å². The first-order valence-corrected chi connectivity index (χ1v) is 7.17. The van der Waals surface area contributed by atoms with E-state index in [1.165, 1.54) is 13.2 Å². The molecule has 2 aromatic heterocycles. The van der Waals surface area contributed by atoms with Gasteiger partial charge in [-0.2, -0.15) is 0 Å². The molecule has 10 heteroatoms. The summed E-state index contributed by atoms with van der Waals surface area (Å²) in [6.07, 6.45) is 1.58. The average molecular weight is 334 g/mol. The SMILES string of the molecule is COC(=O)c1cc(C)nc(NCC(C)c2nncn2C)c1[N+](=O)[O-]. The first-order chi connectivity index (χ1) is 11.3. The first kappa shape index (κ1) is 17.3. The second-order valence-corrected chi connectivity index (χ2v) is 5.34. The summed E-state index contributed by atoms with van der Waals surface area (Å²) in [4.78, 5) is 26.7. The van der Waals surface area contributed by atoms with Crippen LogP contribution in [0.5, 0.6) is 0 Å². The highest BCUT2D eigenvalue weighted by Crippen LogP contribution is 2.29. The number of aryl methyl sites for hydroxylation is 2. The van der Waals surface area contributed by atoms with Crippen molar-refractivity contribution in [2.75, 3.05) is 19.0 Å². The second-order valence-electron chi connectivity index (χ2n) is 5.34. The Morgan fingerprint density at radius 3 is 2.79 bits per heavy atom. The number of carbonyl (C=O) groups excluding carboxylic acids is 1. The number of aromatic nitrogens is 4. The second kappa shape index (κ2) is 7.02. The summed E-state index contributed by atoms with van der Waals surface area (Å²) in [6.45, 7) is 3.89. The number of carbonyl (C=O) groups is 1. The molecule has 0 aliphatic carbocycles. The molecule has 0 saturated heterocycles. The maximum absolute atomic E-state index is 11.8. The summed E-state index contributed by atoms with van der Waals surface area (Å²) < 4.78 is 6.38. The van der Waals surface area contributed by atoms with Gasteiger partial charge in [-0.3, -0.25) is 10.1 Å². The average Bonchev–Trinajstić information content (AvgIpc) is 2.96. The van der Waals surface area contributed by atoms with Crippen LogP contribution < -0.4 is 5.32 Å². The Bertz CT molecular complexity index is 773. The van der Waals surface area contributed by atoms with E-state index in [-0.39, 0.29) is 17.3 Å². The molecule has 0 aliphatic rings. The van der Waals surface area contributed by atoms with Crippen molar-refractivity contribution < 1.29 is 14.5 Å². The number of nitro groups is 1. The molecule has 10 nitrogen and oxygen atoms in total. The van der Waals surface area contributed by atoms with Crippen molar-refractivity contribution in [2.45, 2.75) is 19.8 Å². The fraction of sp³-hybridized carbons (Fsp3) is 0.429. The molecule has 2 rings (SSSR count). The number of methoxy groups -OCH3 is 1. The molecule has 0 aliphatic heterocycles. The van der Waals surface area contributed by atoms with E-state index in [0.29, 0.717) is 12.2 Å². The van der Waals surface area contributed by atoms with Gasteiger partial charge in [-0.1, -0.05) is 6.92 Å². The van der Waals surface area contributed by atoms with Crippen molar-refractivity contribution in [3.8, 4) is 0 Å². The lowest BCUT2D eigenvalue weighted by Crippen LogP contribution is -2.17. The minimum atomic E-state index is -0.781. The summed E-state index contributed by atoms with van der Waals surface area (Å²) in [6, 6.07) is 1.33. The number of hydrogen-bond acceptors (Lipinski definition) is 8. The lowest BCUT2D eigenvalue weighted by Gasteiger charge is -2.13. The predicted octanol–water partition coefficient (Wildman–Crippen LogP) is 1.43. The van der Waals surface area contributed by atoms with Gasteiger partial charge in [0, 0.05) is 25.2 Å². The van der Waals surface area contributed by atoms with Crippen LogP contribution in [0.25, 0.3) is 0 Å². The van der Waals surface area contributed by atoms with Gasteiger partial charge in [-0.25, -0.2) is 9.78 Å². The van der Waals surface area contributed by atoms with E-state index < -0.39 is 16.6 Å². The molecule has 1 N–H and O–H groups in total. The summed E-state index contributed by atoms with van der Waals surface area (Å²) in [5.41, 5.74) is -0.0729. The van der Waals surface area contributed by atoms with Crippen LogP contribution in [0.2, 0.25) is 0 Å². The number of esters is 1. The molecule has 0 spiro atoms. The molecule has 128 valence electrons. The number of nitrogens with one attached hydrogen (secondary N) is 1. The Kier molecular flexibility index (Phi) is 5.07. The number of ether oxygens (including phenoxy) is 1. The van der Waals surface area contributed by atoms with Crippen LogP contribution in [0, 0.1) is 17.0 Å². The first-order valence-electron chi connectivity index (χ1n) is 7.17. The van der Waals surface area contributed by atoms with E-state index in [2.05, 4.69) is 25.2 Å². The molecule has 0 radical (unpaired) electrons. The van der Waals surface area contributed by atoms with E-state index in [0.717, 1.165) is 5.82 Å². The van der Waals surface area contributed by atoms with Crippen LogP contribution in [0.4, 0.5) is 11.5 Å². The zero-order valence-electron chi connectivity index (χ0n) is 13.8. The van der Waals surface area contributed by atoms with Crippen LogP contribution in [0.15, 0.2) is 12.4 Å². The molecule has 0 amide bonds. The van der Waals surface area contributed by atoms with Gasteiger partial charge in [0.05, 0.1) is 12.0 Å². The molecule has 24 heavy (non-hydrogen) atoms. The minimum absolute atomic E-state index is 0.0226. The Balaban J connectivity index is 2.32. The molecule has 2 aromatic rings. The molecule has 1 atom stereocenters. The topological polar surface area (TPSA) is 125 Å². The maximum atomic E-state index is 11.8. The van der Waals surface area contributed by atoms with Crippen molar-refractivity contribution in [1.29, 1.82) is 0 Å². The molecule has 0 saturated carbocycles. The lowest BCUT2D eigenvalue weighted by atomic mass is 10.1. The largest absolute Gasteiger partial charge is 0.465 e.